The normalized spacial score (nSPS) is 28.2. The van der Waals surface area contributed by atoms with E-state index in [0.717, 1.165) is 55.6 Å². The van der Waals surface area contributed by atoms with E-state index in [1.54, 1.807) is 0 Å². The number of anilines is 2. The molecular formula is C24H32N5OP. The molecule has 1 atom stereocenters. The Morgan fingerprint density at radius 3 is 2.39 bits per heavy atom. The molecule has 1 spiro atoms. The summed E-state index contributed by atoms with van der Waals surface area (Å²) in [5, 5.41) is 4.33. The number of urea groups is 1. The molecule has 1 aromatic carbocycles. The molecule has 2 aliphatic heterocycles. The summed E-state index contributed by atoms with van der Waals surface area (Å²) in [6, 6.07) is 12.9. The highest BCUT2D eigenvalue weighted by Crippen LogP contribution is 2.46. The third-order valence-corrected chi connectivity index (χ3v) is 8.06. The van der Waals surface area contributed by atoms with E-state index in [1.807, 2.05) is 11.1 Å². The number of amides is 2. The van der Waals surface area contributed by atoms with Crippen molar-refractivity contribution in [1.29, 1.82) is 0 Å². The fourth-order valence-electron chi connectivity index (χ4n) is 5.48. The maximum absolute atomic E-state index is 13.0. The van der Waals surface area contributed by atoms with Crippen molar-refractivity contribution in [1.82, 2.24) is 15.2 Å². The Morgan fingerprint density at radius 1 is 1.10 bits per heavy atom. The third kappa shape index (κ3) is 3.50. The van der Waals surface area contributed by atoms with Crippen LogP contribution >= 0.6 is 9.24 Å². The molecule has 1 aliphatic carbocycles. The van der Waals surface area contributed by atoms with E-state index in [0.29, 0.717) is 6.54 Å². The zero-order chi connectivity index (χ0) is 21.6. The average Bonchev–Trinajstić information content (AvgIpc) is 3.04. The number of nitrogens with zero attached hydrogens (tertiary/aromatic N) is 4. The van der Waals surface area contributed by atoms with Gasteiger partial charge in [0.15, 0.2) is 0 Å². The van der Waals surface area contributed by atoms with E-state index in [1.165, 1.54) is 12.0 Å². The van der Waals surface area contributed by atoms with Gasteiger partial charge in [0, 0.05) is 23.9 Å². The van der Waals surface area contributed by atoms with E-state index in [2.05, 4.69) is 74.8 Å². The molecule has 3 heterocycles. The highest BCUT2D eigenvalue weighted by molar-refractivity contribution is 7.28. The average molecular weight is 438 g/mol. The Morgan fingerprint density at radius 2 is 1.81 bits per heavy atom. The van der Waals surface area contributed by atoms with Crippen LogP contribution in [0.2, 0.25) is 0 Å². The lowest BCUT2D eigenvalue weighted by Crippen LogP contribution is -2.54. The molecule has 3 fully saturated rings. The zero-order valence-corrected chi connectivity index (χ0v) is 19.6. The van der Waals surface area contributed by atoms with Crippen molar-refractivity contribution < 1.29 is 4.79 Å². The van der Waals surface area contributed by atoms with Crippen LogP contribution in [0.1, 0.15) is 37.7 Å². The highest BCUT2D eigenvalue weighted by atomic mass is 31.0. The lowest BCUT2D eigenvalue weighted by atomic mass is 9.69. The van der Waals surface area contributed by atoms with E-state index >= 15 is 0 Å². The summed E-state index contributed by atoms with van der Waals surface area (Å²) in [5.74, 6) is 0.760. The maximum Gasteiger partial charge on any atom is 0.323 e. The topological polar surface area (TPSA) is 51.7 Å². The molecule has 7 heteroatoms. The SMILES string of the molecule is CN(C)C1(c2ccccc2)CCC2(CC1)CN(c1ncc(N3CCC3)cc1P)C(=O)N2. The Labute approximate surface area is 187 Å². The number of hydrogen-bond acceptors (Lipinski definition) is 4. The molecule has 0 bridgehead atoms. The number of pyridine rings is 1. The molecule has 0 radical (unpaired) electrons. The molecule has 5 rings (SSSR count). The second-order valence-corrected chi connectivity index (χ2v) is 10.2. The summed E-state index contributed by atoms with van der Waals surface area (Å²) in [5.41, 5.74) is 2.35. The summed E-state index contributed by atoms with van der Waals surface area (Å²) in [7, 11) is 7.13. The molecule has 164 valence electrons. The van der Waals surface area contributed by atoms with Crippen LogP contribution < -0.4 is 20.4 Å². The maximum atomic E-state index is 13.0. The molecule has 1 N–H and O–H groups in total. The van der Waals surface area contributed by atoms with Gasteiger partial charge in [0.2, 0.25) is 0 Å². The Kier molecular flexibility index (Phi) is 5.18. The predicted octanol–water partition coefficient (Wildman–Crippen LogP) is 3.09. The smallest absolute Gasteiger partial charge is 0.323 e. The van der Waals surface area contributed by atoms with Crippen molar-refractivity contribution in [2.24, 2.45) is 0 Å². The van der Waals surface area contributed by atoms with Gasteiger partial charge in [0.25, 0.3) is 0 Å². The Hall–Kier alpha value is -2.17. The monoisotopic (exact) mass is 437 g/mol. The van der Waals surface area contributed by atoms with Gasteiger partial charge in [-0.1, -0.05) is 30.3 Å². The number of carbonyl (C=O) groups excluding carboxylic acids is 1. The molecule has 6 nitrogen and oxygen atoms in total. The molecule has 1 unspecified atom stereocenters. The minimum absolute atomic E-state index is 0.0214. The molecule has 1 aromatic heterocycles. The van der Waals surface area contributed by atoms with Gasteiger partial charge in [-0.25, -0.2) is 9.78 Å². The fourth-order valence-corrected chi connectivity index (χ4v) is 5.88. The summed E-state index contributed by atoms with van der Waals surface area (Å²) >= 11 is 0. The number of carbonyl (C=O) groups is 1. The lowest BCUT2D eigenvalue weighted by Gasteiger charge is -2.48. The van der Waals surface area contributed by atoms with Gasteiger partial charge in [-0.2, -0.15) is 0 Å². The first-order chi connectivity index (χ1) is 14.9. The van der Waals surface area contributed by atoms with Crippen molar-refractivity contribution >= 4 is 32.1 Å². The standard InChI is InChI=1S/C24H32N5OP/c1-27(2)24(18-7-4-3-5-8-18)11-9-23(10-12-24)17-29(22(30)26-23)21-20(31)15-19(16-25-21)28-13-6-14-28/h3-5,7-8,15-16H,6,9-14,17,31H2,1-2H3,(H,26,30). The first kappa shape index (κ1) is 20.7. The molecule has 2 aromatic rings. The Balaban J connectivity index is 1.35. The summed E-state index contributed by atoms with van der Waals surface area (Å²) in [4.78, 5) is 24.2. The number of rotatable bonds is 4. The van der Waals surface area contributed by atoms with Gasteiger partial charge in [-0.3, -0.25) is 9.80 Å². The van der Waals surface area contributed by atoms with Crippen LogP contribution in [0.25, 0.3) is 0 Å². The van der Waals surface area contributed by atoms with Crippen LogP contribution in [0.4, 0.5) is 16.3 Å². The van der Waals surface area contributed by atoms with Gasteiger partial charge < -0.3 is 10.2 Å². The second kappa shape index (κ2) is 7.75. The van der Waals surface area contributed by atoms with Gasteiger partial charge in [0.1, 0.15) is 5.82 Å². The summed E-state index contributed by atoms with van der Waals surface area (Å²) in [6.07, 6.45) is 7.11. The molecule has 3 aliphatic rings. The van der Waals surface area contributed by atoms with E-state index in [-0.39, 0.29) is 17.1 Å². The zero-order valence-electron chi connectivity index (χ0n) is 18.5. The molecule has 2 amide bonds. The predicted molar refractivity (Wildman–Crippen MR) is 129 cm³/mol. The van der Waals surface area contributed by atoms with Gasteiger partial charge in [-0.15, -0.1) is 9.24 Å². The Bertz CT molecular complexity index is 967. The van der Waals surface area contributed by atoms with Gasteiger partial charge in [0.05, 0.1) is 24.0 Å². The van der Waals surface area contributed by atoms with Crippen LogP contribution in [0, 0.1) is 0 Å². The third-order valence-electron chi connectivity index (χ3n) is 7.64. The first-order valence-corrected chi connectivity index (χ1v) is 11.8. The quantitative estimate of drug-likeness (QED) is 0.747. The number of nitrogens with one attached hydrogen (secondary N) is 1. The van der Waals surface area contributed by atoms with Crippen molar-refractivity contribution in [2.45, 2.75) is 43.2 Å². The highest BCUT2D eigenvalue weighted by Gasteiger charge is 2.50. The van der Waals surface area contributed by atoms with Gasteiger partial charge >= 0.3 is 6.03 Å². The lowest BCUT2D eigenvalue weighted by molar-refractivity contribution is 0.0657. The van der Waals surface area contributed by atoms with Crippen LogP contribution in [0.3, 0.4) is 0 Å². The van der Waals surface area contributed by atoms with Crippen LogP contribution in [0.5, 0.6) is 0 Å². The van der Waals surface area contributed by atoms with E-state index in [4.69, 9.17) is 4.98 Å². The number of aromatic nitrogens is 1. The molecule has 31 heavy (non-hydrogen) atoms. The largest absolute Gasteiger partial charge is 0.370 e. The summed E-state index contributed by atoms with van der Waals surface area (Å²) in [6.45, 7) is 2.86. The van der Waals surface area contributed by atoms with Gasteiger partial charge in [-0.05, 0) is 57.8 Å². The number of benzene rings is 1. The molecular weight excluding hydrogens is 405 g/mol. The van der Waals surface area contributed by atoms with Crippen molar-refractivity contribution in [3.63, 3.8) is 0 Å². The number of hydrogen-bond donors (Lipinski definition) is 1. The summed E-state index contributed by atoms with van der Waals surface area (Å²) < 4.78 is 0. The van der Waals surface area contributed by atoms with Crippen LogP contribution in [-0.2, 0) is 5.54 Å². The fraction of sp³-hybridized carbons (Fsp3) is 0.500. The minimum atomic E-state index is -0.180. The van der Waals surface area contributed by atoms with Crippen molar-refractivity contribution in [3.8, 4) is 0 Å². The van der Waals surface area contributed by atoms with E-state index in [9.17, 15) is 4.79 Å². The molecule has 1 saturated carbocycles. The van der Waals surface area contributed by atoms with Crippen molar-refractivity contribution in [2.75, 3.05) is 43.5 Å². The van der Waals surface area contributed by atoms with Crippen LogP contribution in [0.15, 0.2) is 42.6 Å². The minimum Gasteiger partial charge on any atom is -0.370 e. The second-order valence-electron chi connectivity index (χ2n) is 9.54. The first-order valence-electron chi connectivity index (χ1n) is 11.3. The van der Waals surface area contributed by atoms with Crippen molar-refractivity contribution in [3.05, 3.63) is 48.2 Å². The molecule has 2 saturated heterocycles. The van der Waals surface area contributed by atoms with E-state index < -0.39 is 0 Å². The van der Waals surface area contributed by atoms with Crippen LogP contribution in [-0.4, -0.2) is 55.2 Å².